The van der Waals surface area contributed by atoms with Crippen LogP contribution in [-0.4, -0.2) is 22.6 Å². The van der Waals surface area contributed by atoms with Crippen LogP contribution in [-0.2, 0) is 6.18 Å². The van der Waals surface area contributed by atoms with Gasteiger partial charge in [-0.2, -0.15) is 18.2 Å². The molecule has 0 unspecified atom stereocenters. The van der Waals surface area contributed by atoms with Gasteiger partial charge in [-0.05, 0) is 30.4 Å². The highest BCUT2D eigenvalue weighted by Gasteiger charge is 2.39. The van der Waals surface area contributed by atoms with E-state index in [0.717, 1.165) is 12.8 Å². The Balaban J connectivity index is 1.76. The topological polar surface area (TPSA) is 68.0 Å². The van der Waals surface area contributed by atoms with Crippen molar-refractivity contribution < 1.29 is 22.5 Å². The Kier molecular flexibility index (Phi) is 3.62. The normalized spacial score (nSPS) is 16.2. The average Bonchev–Trinajstić information content (AvgIpc) is 3.03. The first-order valence-corrected chi connectivity index (χ1v) is 7.06. The molecule has 1 heterocycles. The zero-order valence-corrected chi connectivity index (χ0v) is 12.3. The Morgan fingerprint density at radius 3 is 2.74 bits per heavy atom. The second-order valence-electron chi connectivity index (χ2n) is 6.00. The van der Waals surface area contributed by atoms with Crippen molar-refractivity contribution in [3.8, 4) is 11.4 Å². The molecule has 0 bridgehead atoms. The molecule has 5 nitrogen and oxygen atoms in total. The largest absolute Gasteiger partial charge is 0.471 e. The van der Waals surface area contributed by atoms with Crippen LogP contribution < -0.4 is 5.32 Å². The third-order valence-electron chi connectivity index (χ3n) is 3.83. The van der Waals surface area contributed by atoms with Gasteiger partial charge in [0.2, 0.25) is 5.82 Å². The number of benzene rings is 1. The molecular formula is C15H14F3N3O2. The van der Waals surface area contributed by atoms with Gasteiger partial charge in [-0.1, -0.05) is 24.2 Å². The average molecular weight is 325 g/mol. The van der Waals surface area contributed by atoms with E-state index >= 15 is 0 Å². The molecule has 1 aromatic heterocycles. The minimum atomic E-state index is -4.69. The summed E-state index contributed by atoms with van der Waals surface area (Å²) in [5.41, 5.74) is 0.794. The van der Waals surface area contributed by atoms with Gasteiger partial charge in [-0.15, -0.1) is 0 Å². The number of rotatable bonds is 4. The van der Waals surface area contributed by atoms with E-state index in [9.17, 15) is 18.0 Å². The maximum Gasteiger partial charge on any atom is 0.471 e. The summed E-state index contributed by atoms with van der Waals surface area (Å²) in [6.45, 7) is 2.66. The lowest BCUT2D eigenvalue weighted by molar-refractivity contribution is -0.159. The quantitative estimate of drug-likeness (QED) is 0.936. The lowest BCUT2D eigenvalue weighted by Gasteiger charge is -2.10. The van der Waals surface area contributed by atoms with Crippen molar-refractivity contribution in [2.45, 2.75) is 25.9 Å². The van der Waals surface area contributed by atoms with Crippen LogP contribution in [0.25, 0.3) is 11.4 Å². The van der Waals surface area contributed by atoms with Crippen LogP contribution in [0.3, 0.4) is 0 Å². The lowest BCUT2D eigenvalue weighted by atomic mass is 10.1. The van der Waals surface area contributed by atoms with Crippen molar-refractivity contribution in [2.24, 2.45) is 5.41 Å². The van der Waals surface area contributed by atoms with Crippen molar-refractivity contribution in [2.75, 3.05) is 6.54 Å². The van der Waals surface area contributed by atoms with Gasteiger partial charge >= 0.3 is 12.1 Å². The molecule has 1 amide bonds. The van der Waals surface area contributed by atoms with Gasteiger partial charge in [0.1, 0.15) is 0 Å². The highest BCUT2D eigenvalue weighted by atomic mass is 19.4. The highest BCUT2D eigenvalue weighted by molar-refractivity contribution is 5.95. The summed E-state index contributed by atoms with van der Waals surface area (Å²) in [6.07, 6.45) is -2.53. The van der Waals surface area contributed by atoms with Gasteiger partial charge in [0.15, 0.2) is 0 Å². The number of carbonyl (C=O) groups is 1. The van der Waals surface area contributed by atoms with Crippen molar-refractivity contribution in [1.29, 1.82) is 0 Å². The standard InChI is InChI=1S/C15H14F3N3O2/c1-14(5-6-14)8-19-12(22)10-4-2-3-9(7-10)11-20-13(23-21-11)15(16,17)18/h2-4,7H,5-6,8H2,1H3,(H,19,22). The predicted molar refractivity (Wildman–Crippen MR) is 74.4 cm³/mol. The van der Waals surface area contributed by atoms with Crippen LogP contribution in [0.2, 0.25) is 0 Å². The summed E-state index contributed by atoms with van der Waals surface area (Å²) in [7, 11) is 0. The molecular weight excluding hydrogens is 311 g/mol. The first-order chi connectivity index (χ1) is 10.8. The van der Waals surface area contributed by atoms with E-state index in [-0.39, 0.29) is 22.7 Å². The predicted octanol–water partition coefficient (Wildman–Crippen LogP) is 3.29. The Hall–Kier alpha value is -2.38. The van der Waals surface area contributed by atoms with Crippen molar-refractivity contribution in [3.05, 3.63) is 35.7 Å². The van der Waals surface area contributed by atoms with Crippen LogP contribution in [0.5, 0.6) is 0 Å². The van der Waals surface area contributed by atoms with Crippen molar-refractivity contribution in [3.63, 3.8) is 0 Å². The number of nitrogens with one attached hydrogen (secondary N) is 1. The molecule has 0 saturated heterocycles. The molecule has 1 saturated carbocycles. The van der Waals surface area contributed by atoms with Crippen LogP contribution >= 0.6 is 0 Å². The summed E-state index contributed by atoms with van der Waals surface area (Å²) in [4.78, 5) is 15.4. The van der Waals surface area contributed by atoms with Gasteiger partial charge in [0.25, 0.3) is 5.91 Å². The smallest absolute Gasteiger partial charge is 0.351 e. The van der Waals surface area contributed by atoms with Crippen molar-refractivity contribution in [1.82, 2.24) is 15.5 Å². The molecule has 2 aromatic rings. The zero-order valence-electron chi connectivity index (χ0n) is 12.3. The third-order valence-corrected chi connectivity index (χ3v) is 3.83. The number of hydrogen-bond acceptors (Lipinski definition) is 4. The minimum Gasteiger partial charge on any atom is -0.351 e. The van der Waals surface area contributed by atoms with E-state index in [1.54, 1.807) is 12.1 Å². The van der Waals surface area contributed by atoms with E-state index in [1.165, 1.54) is 12.1 Å². The number of halogens is 3. The van der Waals surface area contributed by atoms with Gasteiger partial charge in [-0.3, -0.25) is 4.79 Å². The maximum atomic E-state index is 12.5. The molecule has 1 aliphatic rings. The Morgan fingerprint density at radius 1 is 1.39 bits per heavy atom. The fourth-order valence-corrected chi connectivity index (χ4v) is 2.04. The molecule has 1 N–H and O–H groups in total. The van der Waals surface area contributed by atoms with Crippen LogP contribution in [0, 0.1) is 5.41 Å². The summed E-state index contributed by atoms with van der Waals surface area (Å²) >= 11 is 0. The molecule has 8 heteroatoms. The van der Waals surface area contributed by atoms with E-state index in [0.29, 0.717) is 12.1 Å². The van der Waals surface area contributed by atoms with E-state index < -0.39 is 12.1 Å². The van der Waals surface area contributed by atoms with Gasteiger partial charge in [0, 0.05) is 17.7 Å². The van der Waals surface area contributed by atoms with Gasteiger partial charge < -0.3 is 9.84 Å². The molecule has 3 rings (SSSR count). The monoisotopic (exact) mass is 325 g/mol. The molecule has 122 valence electrons. The lowest BCUT2D eigenvalue weighted by Crippen LogP contribution is -2.28. The number of nitrogens with zero attached hydrogens (tertiary/aromatic N) is 2. The summed E-state index contributed by atoms with van der Waals surface area (Å²) in [5.74, 6) is -1.90. The van der Waals surface area contributed by atoms with Crippen LogP contribution in [0.4, 0.5) is 13.2 Å². The second-order valence-corrected chi connectivity index (χ2v) is 6.00. The maximum absolute atomic E-state index is 12.5. The van der Waals surface area contributed by atoms with E-state index in [1.807, 2.05) is 0 Å². The molecule has 1 aromatic carbocycles. The molecule has 1 aliphatic carbocycles. The summed E-state index contributed by atoms with van der Waals surface area (Å²) in [5, 5.41) is 6.14. The Bertz CT molecular complexity index is 736. The number of alkyl halides is 3. The second kappa shape index (κ2) is 5.36. The van der Waals surface area contributed by atoms with Crippen LogP contribution in [0.1, 0.15) is 36.0 Å². The Morgan fingerprint density at radius 2 is 2.13 bits per heavy atom. The van der Waals surface area contributed by atoms with Gasteiger partial charge in [0.05, 0.1) is 0 Å². The zero-order chi connectivity index (χ0) is 16.7. The minimum absolute atomic E-state index is 0.169. The third kappa shape index (κ3) is 3.52. The number of amides is 1. The van der Waals surface area contributed by atoms with Crippen molar-refractivity contribution >= 4 is 5.91 Å². The molecule has 0 aliphatic heterocycles. The summed E-state index contributed by atoms with van der Waals surface area (Å²) in [6, 6.07) is 6.10. The highest BCUT2D eigenvalue weighted by Crippen LogP contribution is 2.44. The number of carbonyl (C=O) groups excluding carboxylic acids is 1. The van der Waals surface area contributed by atoms with E-state index in [2.05, 4.69) is 26.9 Å². The molecule has 23 heavy (non-hydrogen) atoms. The molecule has 0 spiro atoms. The summed E-state index contributed by atoms with van der Waals surface area (Å²) < 4.78 is 41.6. The fourth-order valence-electron chi connectivity index (χ4n) is 2.04. The van der Waals surface area contributed by atoms with Gasteiger partial charge in [-0.25, -0.2) is 0 Å². The first kappa shape index (κ1) is 15.5. The molecule has 1 fully saturated rings. The van der Waals surface area contributed by atoms with Crippen LogP contribution in [0.15, 0.2) is 28.8 Å². The number of aromatic nitrogens is 2. The van der Waals surface area contributed by atoms with E-state index in [4.69, 9.17) is 0 Å². The Labute approximate surface area is 129 Å². The molecule has 0 atom stereocenters. The number of hydrogen-bond donors (Lipinski definition) is 1. The molecule has 0 radical (unpaired) electrons. The SMILES string of the molecule is CC1(CNC(=O)c2cccc(-c3noc(C(F)(F)F)n3)c2)CC1. The first-order valence-electron chi connectivity index (χ1n) is 7.06. The fraction of sp³-hybridized carbons (Fsp3) is 0.400.